The van der Waals surface area contributed by atoms with E-state index in [0.29, 0.717) is 12.1 Å². The summed E-state index contributed by atoms with van der Waals surface area (Å²) in [6.45, 7) is 5.21. The zero-order valence-corrected chi connectivity index (χ0v) is 24.5. The molecule has 2 rings (SSSR count). The molecule has 2 aromatic rings. The Kier molecular flexibility index (Phi) is 12.5. The van der Waals surface area contributed by atoms with E-state index < -0.39 is 54.4 Å². The molecule has 0 saturated carbocycles. The van der Waals surface area contributed by atoms with Gasteiger partial charge in [-0.05, 0) is 44.9 Å². The van der Waals surface area contributed by atoms with Crippen molar-refractivity contribution < 1.29 is 50.1 Å². The number of carbonyl (C=O) groups is 2. The summed E-state index contributed by atoms with van der Waals surface area (Å²) in [7, 11) is 1.27. The van der Waals surface area contributed by atoms with Crippen LogP contribution in [0.2, 0.25) is 0 Å². The van der Waals surface area contributed by atoms with Gasteiger partial charge in [0.1, 0.15) is 23.2 Å². The molecule has 0 radical (unpaired) electrons. The quantitative estimate of drug-likeness (QED) is 0.158. The van der Waals surface area contributed by atoms with Crippen LogP contribution in [0.3, 0.4) is 0 Å². The van der Waals surface area contributed by atoms with Crippen LogP contribution in [0.1, 0.15) is 52.1 Å². The first-order chi connectivity index (χ1) is 20.0. The molecule has 0 aliphatic carbocycles. The van der Waals surface area contributed by atoms with E-state index in [-0.39, 0.29) is 30.2 Å². The monoisotopic (exact) mass is 621 g/mol. The number of hydrogen-bond acceptors (Lipinski definition) is 7. The molecule has 0 aromatic heterocycles. The van der Waals surface area contributed by atoms with Crippen molar-refractivity contribution in [3.63, 3.8) is 0 Å². The number of hydrogen-bond donors (Lipinski definition) is 3. The summed E-state index contributed by atoms with van der Waals surface area (Å²) in [4.78, 5) is 24.6. The van der Waals surface area contributed by atoms with Crippen LogP contribution in [0.25, 0.3) is 0 Å². The van der Waals surface area contributed by atoms with Gasteiger partial charge in [-0.2, -0.15) is 22.0 Å². The van der Waals surface area contributed by atoms with Gasteiger partial charge in [-0.25, -0.2) is 9.18 Å². The maximum atomic E-state index is 14.6. The van der Waals surface area contributed by atoms with Crippen molar-refractivity contribution in [2.75, 3.05) is 25.6 Å². The largest absolute Gasteiger partial charge is 0.502 e. The van der Waals surface area contributed by atoms with Gasteiger partial charge in [0.25, 0.3) is 0 Å². The number of nitrogens with one attached hydrogen (secondary N) is 3. The molecule has 3 N–H and O–H groups in total. The third-order valence-electron chi connectivity index (χ3n) is 6.14. The fraction of sp³-hybridized carbons (Fsp3) is 0.517. The average Bonchev–Trinajstić information content (AvgIpc) is 2.92. The number of amides is 1. The molecule has 0 bridgehead atoms. The second-order valence-electron chi connectivity index (χ2n) is 10.2. The van der Waals surface area contributed by atoms with Gasteiger partial charge in [-0.3, -0.25) is 10.1 Å². The van der Waals surface area contributed by atoms with Crippen LogP contribution in [0.5, 0.6) is 11.5 Å². The molecular weight excluding hydrogens is 584 g/mol. The summed E-state index contributed by atoms with van der Waals surface area (Å²) >= 11 is 0. The molecule has 43 heavy (non-hydrogen) atoms. The molecule has 0 heterocycles. The lowest BCUT2D eigenvalue weighted by atomic mass is 9.97. The molecular formula is C29H37F6N3O5. The van der Waals surface area contributed by atoms with Crippen molar-refractivity contribution in [2.24, 2.45) is 0 Å². The number of carbonyl (C=O) groups excluding carboxylic acids is 2. The molecule has 0 spiro atoms. The number of anilines is 1. The lowest BCUT2D eigenvalue weighted by molar-refractivity contribution is -0.216. The van der Waals surface area contributed by atoms with E-state index >= 15 is 0 Å². The summed E-state index contributed by atoms with van der Waals surface area (Å²) in [5.41, 5.74) is -1.79. The van der Waals surface area contributed by atoms with Gasteiger partial charge in [-0.1, -0.05) is 37.3 Å². The van der Waals surface area contributed by atoms with E-state index in [1.54, 1.807) is 13.0 Å². The summed E-state index contributed by atoms with van der Waals surface area (Å²) in [6, 6.07) is 6.17. The Morgan fingerprint density at radius 3 is 2.14 bits per heavy atom. The van der Waals surface area contributed by atoms with Crippen molar-refractivity contribution in [2.45, 2.75) is 76.6 Å². The van der Waals surface area contributed by atoms with Crippen LogP contribution in [0.15, 0.2) is 48.5 Å². The zero-order valence-electron chi connectivity index (χ0n) is 24.5. The minimum Gasteiger partial charge on any atom is -0.494 e. The molecule has 0 unspecified atom stereocenters. The first-order valence-electron chi connectivity index (χ1n) is 13.5. The smallest absolute Gasteiger partial charge is 0.494 e. The molecule has 2 aromatic carbocycles. The van der Waals surface area contributed by atoms with Crippen molar-refractivity contribution in [3.05, 3.63) is 54.1 Å². The molecule has 0 aliphatic rings. The Balaban J connectivity index is 2.17. The zero-order chi connectivity index (χ0) is 32.4. The molecule has 0 aliphatic heterocycles. The molecule has 14 heteroatoms. The molecule has 3 atom stereocenters. The highest BCUT2D eigenvalue weighted by Crippen LogP contribution is 2.34. The molecule has 8 nitrogen and oxygen atoms in total. The van der Waals surface area contributed by atoms with Gasteiger partial charge in [0.2, 0.25) is 5.91 Å². The highest BCUT2D eigenvalue weighted by Gasteiger charge is 2.45. The molecule has 0 saturated heterocycles. The maximum absolute atomic E-state index is 14.6. The van der Waals surface area contributed by atoms with Crippen molar-refractivity contribution >= 4 is 17.6 Å². The summed E-state index contributed by atoms with van der Waals surface area (Å²) in [5.74, 6) is -3.01. The topological polar surface area (TPSA) is 97.9 Å². The van der Waals surface area contributed by atoms with Gasteiger partial charge in [-0.15, -0.1) is 0 Å². The highest BCUT2D eigenvalue weighted by atomic mass is 19.4. The summed E-state index contributed by atoms with van der Waals surface area (Å²) in [5, 5.41) is 7.94. The van der Waals surface area contributed by atoms with E-state index in [9.17, 15) is 35.9 Å². The number of alkyl halides is 6. The van der Waals surface area contributed by atoms with Crippen LogP contribution in [-0.4, -0.2) is 62.2 Å². The standard InChI is InChI=1S/C29H37F6N3O5/c1-6-19(17-36-21-14-13-20(15-23(21)41-5)43-29(34,35)26(40)42-7-2)37-25(39)22(16-27(3,4)30)38-24(28(31,32)33)18-11-9-8-10-12-18/h8-15,19,22,24,36,38H,6-7,16-17H2,1-5H3,(H,37,39)/t19-,22-,24-/m0/s1. The highest BCUT2D eigenvalue weighted by molar-refractivity contribution is 5.82. The van der Waals surface area contributed by atoms with E-state index in [2.05, 4.69) is 25.4 Å². The Morgan fingerprint density at radius 2 is 1.60 bits per heavy atom. The van der Waals surface area contributed by atoms with Gasteiger partial charge in [0.15, 0.2) is 0 Å². The Hall–Kier alpha value is -3.68. The second kappa shape index (κ2) is 15.2. The number of halogens is 6. The Morgan fingerprint density at radius 1 is 0.953 bits per heavy atom. The fourth-order valence-corrected chi connectivity index (χ4v) is 4.06. The second-order valence-corrected chi connectivity index (χ2v) is 10.2. The Labute approximate surface area is 246 Å². The third kappa shape index (κ3) is 11.2. The first kappa shape index (κ1) is 35.5. The number of rotatable bonds is 16. The lowest BCUT2D eigenvalue weighted by Crippen LogP contribution is -2.53. The van der Waals surface area contributed by atoms with Gasteiger partial charge in [0, 0.05) is 25.1 Å². The van der Waals surface area contributed by atoms with Crippen LogP contribution in [0.4, 0.5) is 32.0 Å². The van der Waals surface area contributed by atoms with E-state index in [0.717, 1.165) is 12.1 Å². The van der Waals surface area contributed by atoms with Crippen molar-refractivity contribution in [1.82, 2.24) is 10.6 Å². The van der Waals surface area contributed by atoms with E-state index in [4.69, 9.17) is 4.74 Å². The van der Waals surface area contributed by atoms with Gasteiger partial charge < -0.3 is 24.8 Å². The number of benzene rings is 2. The molecule has 240 valence electrons. The van der Waals surface area contributed by atoms with Crippen molar-refractivity contribution in [3.8, 4) is 11.5 Å². The van der Waals surface area contributed by atoms with Crippen LogP contribution in [0, 0.1) is 0 Å². The summed E-state index contributed by atoms with van der Waals surface area (Å²) < 4.78 is 98.5. The SMILES string of the molecule is CCOC(=O)C(F)(F)Oc1ccc(NC[C@H](CC)NC(=O)[C@H](CC(C)(C)F)N[C@@H](c2ccccc2)C(F)(F)F)c(OC)c1. The molecule has 0 fully saturated rings. The minimum atomic E-state index is -4.77. The van der Waals surface area contributed by atoms with Gasteiger partial charge >= 0.3 is 18.3 Å². The third-order valence-corrected chi connectivity index (χ3v) is 6.14. The normalized spacial score (nSPS) is 14.3. The number of methoxy groups -OCH3 is 1. The Bertz CT molecular complexity index is 1190. The predicted octanol–water partition coefficient (Wildman–Crippen LogP) is 5.94. The van der Waals surface area contributed by atoms with Crippen LogP contribution < -0.4 is 25.4 Å². The number of ether oxygens (including phenoxy) is 3. The van der Waals surface area contributed by atoms with Gasteiger partial charge in [0.05, 0.1) is 25.4 Å². The average molecular weight is 622 g/mol. The maximum Gasteiger partial charge on any atom is 0.502 e. The predicted molar refractivity (Wildman–Crippen MR) is 148 cm³/mol. The van der Waals surface area contributed by atoms with Crippen molar-refractivity contribution in [1.29, 1.82) is 0 Å². The van der Waals surface area contributed by atoms with E-state index in [1.807, 2.05) is 0 Å². The lowest BCUT2D eigenvalue weighted by Gasteiger charge is -2.31. The van der Waals surface area contributed by atoms with E-state index in [1.165, 1.54) is 58.2 Å². The minimum absolute atomic E-state index is 0.0465. The number of esters is 1. The summed E-state index contributed by atoms with van der Waals surface area (Å²) in [6.07, 6.45) is -9.20. The first-order valence-corrected chi connectivity index (χ1v) is 13.5. The molecule has 1 amide bonds. The van der Waals surface area contributed by atoms with Crippen LogP contribution >= 0.6 is 0 Å². The fourth-order valence-electron chi connectivity index (χ4n) is 4.06. The van der Waals surface area contributed by atoms with Crippen LogP contribution in [-0.2, 0) is 14.3 Å².